The van der Waals surface area contributed by atoms with E-state index in [-0.39, 0.29) is 30.6 Å². The fourth-order valence-electron chi connectivity index (χ4n) is 2.31. The predicted octanol–water partition coefficient (Wildman–Crippen LogP) is -0.423. The van der Waals surface area contributed by atoms with Crippen molar-refractivity contribution in [3.8, 4) is 11.8 Å². The number of nitrogens with zero attached hydrogens (tertiary/aromatic N) is 2. The van der Waals surface area contributed by atoms with Crippen molar-refractivity contribution in [2.75, 3.05) is 46.3 Å². The van der Waals surface area contributed by atoms with Gasteiger partial charge in [0.05, 0.1) is 13.1 Å². The van der Waals surface area contributed by atoms with E-state index >= 15 is 0 Å². The molecule has 2 N–H and O–H groups in total. The first-order chi connectivity index (χ1) is 11.5. The molecule has 0 unspecified atom stereocenters. The van der Waals surface area contributed by atoms with Crippen LogP contribution in [-0.4, -0.2) is 73.8 Å². The highest BCUT2D eigenvalue weighted by atomic mass is 16.2. The largest absolute Gasteiger partial charge is 0.355 e. The van der Waals surface area contributed by atoms with Gasteiger partial charge in [0.1, 0.15) is 0 Å². The summed E-state index contributed by atoms with van der Waals surface area (Å²) in [6.07, 6.45) is 2.79. The number of likely N-dealkylation sites (tertiary alicyclic amines) is 1. The summed E-state index contributed by atoms with van der Waals surface area (Å²) in [5.74, 6) is 5.68. The molecule has 0 aliphatic carbocycles. The Morgan fingerprint density at radius 1 is 1.04 bits per heavy atom. The van der Waals surface area contributed by atoms with Gasteiger partial charge in [-0.1, -0.05) is 11.8 Å². The number of rotatable bonds is 8. The van der Waals surface area contributed by atoms with E-state index in [1.807, 2.05) is 0 Å². The van der Waals surface area contributed by atoms with Crippen molar-refractivity contribution >= 4 is 17.7 Å². The van der Waals surface area contributed by atoms with Gasteiger partial charge in [-0.2, -0.15) is 0 Å². The zero-order valence-electron chi connectivity index (χ0n) is 14.7. The van der Waals surface area contributed by atoms with Gasteiger partial charge in [0.2, 0.25) is 17.7 Å². The fraction of sp³-hybridized carbons (Fsp3) is 0.706. The second-order valence-corrected chi connectivity index (χ2v) is 5.92. The number of carbonyl (C=O) groups is 3. The van der Waals surface area contributed by atoms with Gasteiger partial charge in [-0.25, -0.2) is 0 Å². The summed E-state index contributed by atoms with van der Waals surface area (Å²) in [6.45, 7) is 5.55. The SMILES string of the molecule is CC(=O)NCCNC(=O)CCC(=O)N(C)CC#CCN1CCCC1. The maximum absolute atomic E-state index is 11.9. The minimum atomic E-state index is -0.192. The lowest BCUT2D eigenvalue weighted by Crippen LogP contribution is -2.34. The Hall–Kier alpha value is -2.07. The van der Waals surface area contributed by atoms with Crippen LogP contribution in [0.3, 0.4) is 0 Å². The molecule has 0 aromatic rings. The molecule has 0 aromatic carbocycles. The van der Waals surface area contributed by atoms with Crippen LogP contribution >= 0.6 is 0 Å². The van der Waals surface area contributed by atoms with E-state index in [2.05, 4.69) is 27.4 Å². The minimum absolute atomic E-state index is 0.0949. The van der Waals surface area contributed by atoms with E-state index in [0.29, 0.717) is 19.6 Å². The first-order valence-corrected chi connectivity index (χ1v) is 8.42. The highest BCUT2D eigenvalue weighted by Crippen LogP contribution is 2.05. The summed E-state index contributed by atoms with van der Waals surface area (Å²) in [6, 6.07) is 0. The molecule has 0 saturated carbocycles. The molecule has 1 fully saturated rings. The van der Waals surface area contributed by atoms with Gasteiger partial charge in [0, 0.05) is 39.9 Å². The second kappa shape index (κ2) is 11.5. The van der Waals surface area contributed by atoms with Gasteiger partial charge in [-0.05, 0) is 25.9 Å². The lowest BCUT2D eigenvalue weighted by atomic mass is 10.2. The van der Waals surface area contributed by atoms with Crippen molar-refractivity contribution in [3.05, 3.63) is 0 Å². The Morgan fingerprint density at radius 3 is 2.38 bits per heavy atom. The van der Waals surface area contributed by atoms with Crippen LogP contribution in [0.4, 0.5) is 0 Å². The predicted molar refractivity (Wildman–Crippen MR) is 92.0 cm³/mol. The Morgan fingerprint density at radius 2 is 1.71 bits per heavy atom. The van der Waals surface area contributed by atoms with Crippen molar-refractivity contribution in [1.29, 1.82) is 0 Å². The van der Waals surface area contributed by atoms with Crippen molar-refractivity contribution in [2.45, 2.75) is 32.6 Å². The molecule has 24 heavy (non-hydrogen) atoms. The Balaban J connectivity index is 2.11. The molecular formula is C17H28N4O3. The van der Waals surface area contributed by atoms with E-state index in [9.17, 15) is 14.4 Å². The van der Waals surface area contributed by atoms with E-state index in [0.717, 1.165) is 19.6 Å². The third-order valence-electron chi connectivity index (χ3n) is 3.76. The molecule has 0 atom stereocenters. The molecule has 1 aliphatic rings. The molecule has 1 rings (SSSR count). The van der Waals surface area contributed by atoms with Crippen molar-refractivity contribution < 1.29 is 14.4 Å². The third-order valence-corrected chi connectivity index (χ3v) is 3.76. The fourth-order valence-corrected chi connectivity index (χ4v) is 2.31. The summed E-state index contributed by atoms with van der Waals surface area (Å²) in [4.78, 5) is 38.0. The summed E-state index contributed by atoms with van der Waals surface area (Å²) >= 11 is 0. The number of hydrogen-bond acceptors (Lipinski definition) is 4. The molecule has 1 saturated heterocycles. The van der Waals surface area contributed by atoms with Gasteiger partial charge in [0.15, 0.2) is 0 Å². The standard InChI is InChI=1S/C17H28N4O3/c1-15(22)18-9-10-19-16(23)7-8-17(24)20(2)11-3-4-12-21-13-5-6-14-21/h5-14H2,1-2H3,(H,18,22)(H,19,23). The van der Waals surface area contributed by atoms with Gasteiger partial charge < -0.3 is 15.5 Å². The normalized spacial score (nSPS) is 13.8. The maximum atomic E-state index is 11.9. The van der Waals surface area contributed by atoms with Crippen molar-refractivity contribution in [3.63, 3.8) is 0 Å². The molecule has 1 aliphatic heterocycles. The van der Waals surface area contributed by atoms with Crippen LogP contribution in [0, 0.1) is 11.8 Å². The summed E-state index contributed by atoms with van der Waals surface area (Å²) in [5.41, 5.74) is 0. The van der Waals surface area contributed by atoms with E-state index in [1.54, 1.807) is 11.9 Å². The van der Waals surface area contributed by atoms with E-state index in [4.69, 9.17) is 0 Å². The quantitative estimate of drug-likeness (QED) is 0.466. The number of nitrogens with one attached hydrogen (secondary N) is 2. The Labute approximate surface area is 144 Å². The molecule has 0 aromatic heterocycles. The van der Waals surface area contributed by atoms with Crippen LogP contribution < -0.4 is 10.6 Å². The topological polar surface area (TPSA) is 81.8 Å². The summed E-state index contributed by atoms with van der Waals surface area (Å²) < 4.78 is 0. The highest BCUT2D eigenvalue weighted by molar-refractivity contribution is 5.83. The molecule has 7 nitrogen and oxygen atoms in total. The molecule has 3 amide bonds. The molecule has 0 bridgehead atoms. The smallest absolute Gasteiger partial charge is 0.223 e. The van der Waals surface area contributed by atoms with Gasteiger partial charge in [-0.3, -0.25) is 19.3 Å². The van der Waals surface area contributed by atoms with Gasteiger partial charge in [0.25, 0.3) is 0 Å². The van der Waals surface area contributed by atoms with Crippen molar-refractivity contribution in [1.82, 2.24) is 20.4 Å². The second-order valence-electron chi connectivity index (χ2n) is 5.92. The Bertz CT molecular complexity index is 490. The molecule has 7 heteroatoms. The zero-order chi connectivity index (χ0) is 17.8. The highest BCUT2D eigenvalue weighted by Gasteiger charge is 2.11. The number of hydrogen-bond donors (Lipinski definition) is 2. The average Bonchev–Trinajstić information content (AvgIpc) is 3.06. The van der Waals surface area contributed by atoms with Crippen LogP contribution in [0.15, 0.2) is 0 Å². The maximum Gasteiger partial charge on any atom is 0.223 e. The lowest BCUT2D eigenvalue weighted by molar-refractivity contribution is -0.132. The molecule has 1 heterocycles. The van der Waals surface area contributed by atoms with Crippen LogP contribution in [0.1, 0.15) is 32.6 Å². The average molecular weight is 336 g/mol. The van der Waals surface area contributed by atoms with Gasteiger partial charge in [-0.15, -0.1) is 0 Å². The number of amides is 3. The van der Waals surface area contributed by atoms with Crippen LogP contribution in [0.25, 0.3) is 0 Å². The van der Waals surface area contributed by atoms with E-state index in [1.165, 1.54) is 19.8 Å². The summed E-state index contributed by atoms with van der Waals surface area (Å²) in [7, 11) is 1.70. The van der Waals surface area contributed by atoms with Crippen molar-refractivity contribution in [2.24, 2.45) is 0 Å². The first-order valence-electron chi connectivity index (χ1n) is 8.42. The zero-order valence-corrected chi connectivity index (χ0v) is 14.7. The number of carbonyl (C=O) groups excluding carboxylic acids is 3. The van der Waals surface area contributed by atoms with E-state index < -0.39 is 0 Å². The minimum Gasteiger partial charge on any atom is -0.355 e. The van der Waals surface area contributed by atoms with Crippen LogP contribution in [-0.2, 0) is 14.4 Å². The lowest BCUT2D eigenvalue weighted by Gasteiger charge is -2.14. The van der Waals surface area contributed by atoms with Crippen LogP contribution in [0.2, 0.25) is 0 Å². The van der Waals surface area contributed by atoms with Gasteiger partial charge >= 0.3 is 0 Å². The van der Waals surface area contributed by atoms with Crippen LogP contribution in [0.5, 0.6) is 0 Å². The first kappa shape index (κ1) is 20.0. The summed E-state index contributed by atoms with van der Waals surface area (Å²) in [5, 5.41) is 5.24. The monoisotopic (exact) mass is 336 g/mol. The molecule has 0 radical (unpaired) electrons. The third kappa shape index (κ3) is 9.16. The molecule has 0 spiro atoms. The molecular weight excluding hydrogens is 308 g/mol. The Kier molecular flexibility index (Phi) is 9.54. The molecule has 134 valence electrons.